The van der Waals surface area contributed by atoms with Gasteiger partial charge in [-0.25, -0.2) is 6.07 Å². The molecule has 0 N–H and O–H groups in total. The SMILES string of the molecule is [Y].[c-]1ccccc1-n1[c-]c(-c2ccc3sc4ccccc4c3c2)c2ccccc21. The molecule has 6 rings (SSSR count). The second-order valence-corrected chi connectivity index (χ2v) is 7.98. The summed E-state index contributed by atoms with van der Waals surface area (Å²) < 4.78 is 4.77. The molecule has 4 aromatic carbocycles. The predicted molar refractivity (Wildman–Crippen MR) is 119 cm³/mol. The molecule has 0 saturated heterocycles. The molecule has 0 spiro atoms. The standard InChI is InChI=1S/C26H15NS.Y/c1-2-8-19(9-3-1)27-17-23(20-10-4-6-12-24(20)27)18-14-15-26-22(16-18)21-11-5-7-13-25(21)28-26;/h1-8,10-16H;/q-2;. The van der Waals surface area contributed by atoms with Gasteiger partial charge in [0, 0.05) is 42.1 Å². The van der Waals surface area contributed by atoms with E-state index < -0.39 is 0 Å². The zero-order valence-corrected chi connectivity index (χ0v) is 19.2. The monoisotopic (exact) mass is 462 g/mol. The minimum Gasteiger partial charge on any atom is -0.439 e. The average molecular weight is 462 g/mol. The Hall–Kier alpha value is -2.26. The maximum Gasteiger partial charge on any atom is 0.0355 e. The summed E-state index contributed by atoms with van der Waals surface area (Å²) >= 11 is 1.85. The summed E-state index contributed by atoms with van der Waals surface area (Å²) in [4.78, 5) is 0. The number of benzene rings is 4. The molecular weight excluding hydrogens is 447 g/mol. The van der Waals surface area contributed by atoms with E-state index >= 15 is 0 Å². The third-order valence-electron chi connectivity index (χ3n) is 5.24. The van der Waals surface area contributed by atoms with Crippen LogP contribution in [0.25, 0.3) is 47.9 Å². The van der Waals surface area contributed by atoms with Crippen molar-refractivity contribution >= 4 is 42.4 Å². The molecule has 0 aliphatic heterocycles. The number of rotatable bonds is 2. The van der Waals surface area contributed by atoms with E-state index in [1.807, 2.05) is 29.5 Å². The summed E-state index contributed by atoms with van der Waals surface area (Å²) in [6.45, 7) is 0. The summed E-state index contributed by atoms with van der Waals surface area (Å²) in [6, 6.07) is 35.3. The van der Waals surface area contributed by atoms with Crippen LogP contribution in [0.3, 0.4) is 0 Å². The van der Waals surface area contributed by atoms with Crippen molar-refractivity contribution in [3.63, 3.8) is 0 Å². The van der Waals surface area contributed by atoms with Gasteiger partial charge in [-0.05, 0) is 28.6 Å². The summed E-state index contributed by atoms with van der Waals surface area (Å²) in [5.41, 5.74) is 4.48. The fourth-order valence-corrected chi connectivity index (χ4v) is 5.01. The van der Waals surface area contributed by atoms with Gasteiger partial charge in [0.05, 0.1) is 0 Å². The van der Waals surface area contributed by atoms with E-state index in [1.54, 1.807) is 0 Å². The van der Waals surface area contributed by atoms with Crippen LogP contribution in [0.4, 0.5) is 0 Å². The molecule has 0 saturated carbocycles. The van der Waals surface area contributed by atoms with Gasteiger partial charge in [0.2, 0.25) is 0 Å². The zero-order valence-electron chi connectivity index (χ0n) is 15.6. The fourth-order valence-electron chi connectivity index (χ4n) is 3.93. The molecule has 0 atom stereocenters. The van der Waals surface area contributed by atoms with E-state index in [1.165, 1.54) is 31.1 Å². The van der Waals surface area contributed by atoms with Crippen molar-refractivity contribution in [2.24, 2.45) is 0 Å². The third kappa shape index (κ3) is 3.07. The van der Waals surface area contributed by atoms with E-state index in [-0.39, 0.29) is 32.7 Å². The molecule has 0 fully saturated rings. The van der Waals surface area contributed by atoms with E-state index in [2.05, 4.69) is 89.6 Å². The Morgan fingerprint density at radius 3 is 2.31 bits per heavy atom. The average Bonchev–Trinajstić information content (AvgIpc) is 3.33. The topological polar surface area (TPSA) is 4.93 Å². The molecular formula is C26H15NSY-2. The van der Waals surface area contributed by atoms with E-state index in [0.717, 1.165) is 16.8 Å². The van der Waals surface area contributed by atoms with Crippen LogP contribution in [-0.4, -0.2) is 4.57 Å². The van der Waals surface area contributed by atoms with Crippen LogP contribution >= 0.6 is 11.3 Å². The predicted octanol–water partition coefficient (Wildman–Crippen LogP) is 7.26. The van der Waals surface area contributed by atoms with Crippen LogP contribution in [-0.2, 0) is 32.7 Å². The van der Waals surface area contributed by atoms with Crippen LogP contribution in [0, 0.1) is 12.3 Å². The second kappa shape index (κ2) is 7.53. The molecule has 3 heteroatoms. The van der Waals surface area contributed by atoms with Gasteiger partial charge in [-0.15, -0.1) is 17.0 Å². The fraction of sp³-hybridized carbons (Fsp3) is 0. The van der Waals surface area contributed by atoms with Gasteiger partial charge in [0.15, 0.2) is 0 Å². The minimum atomic E-state index is 0. The molecule has 1 radical (unpaired) electrons. The molecule has 0 bridgehead atoms. The van der Waals surface area contributed by atoms with Gasteiger partial charge < -0.3 is 4.57 Å². The minimum absolute atomic E-state index is 0. The number of thiophene rings is 1. The summed E-state index contributed by atoms with van der Waals surface area (Å²) in [7, 11) is 0. The van der Waals surface area contributed by atoms with Crippen molar-refractivity contribution in [3.8, 4) is 16.8 Å². The van der Waals surface area contributed by atoms with Gasteiger partial charge in [-0.2, -0.15) is 24.3 Å². The number of aromatic nitrogens is 1. The molecule has 29 heavy (non-hydrogen) atoms. The summed E-state index contributed by atoms with van der Waals surface area (Å²) in [5.74, 6) is 0. The Bertz CT molecular complexity index is 1460. The maximum atomic E-state index is 3.62. The van der Waals surface area contributed by atoms with E-state index in [0.29, 0.717) is 0 Å². The first-order valence-electron chi connectivity index (χ1n) is 9.30. The first kappa shape index (κ1) is 18.8. The third-order valence-corrected chi connectivity index (χ3v) is 6.39. The van der Waals surface area contributed by atoms with E-state index in [9.17, 15) is 0 Å². The van der Waals surface area contributed by atoms with Crippen molar-refractivity contribution < 1.29 is 32.7 Å². The van der Waals surface area contributed by atoms with Gasteiger partial charge in [0.25, 0.3) is 0 Å². The van der Waals surface area contributed by atoms with Crippen LogP contribution in [0.2, 0.25) is 0 Å². The number of hydrogen-bond donors (Lipinski definition) is 0. The molecule has 1 nitrogen and oxygen atoms in total. The molecule has 0 amide bonds. The van der Waals surface area contributed by atoms with Crippen LogP contribution in [0.15, 0.2) is 91.0 Å². The smallest absolute Gasteiger partial charge is 0.0355 e. The van der Waals surface area contributed by atoms with Crippen molar-refractivity contribution in [2.75, 3.05) is 0 Å². The van der Waals surface area contributed by atoms with Crippen LogP contribution in [0.1, 0.15) is 0 Å². The van der Waals surface area contributed by atoms with E-state index in [4.69, 9.17) is 0 Å². The Morgan fingerprint density at radius 2 is 1.45 bits per heavy atom. The molecule has 2 aromatic heterocycles. The summed E-state index contributed by atoms with van der Waals surface area (Å²) in [5, 5.41) is 3.85. The second-order valence-electron chi connectivity index (χ2n) is 6.90. The van der Waals surface area contributed by atoms with Crippen molar-refractivity contribution in [1.82, 2.24) is 4.57 Å². The quantitative estimate of drug-likeness (QED) is 0.239. The number of fused-ring (bicyclic) bond motifs is 4. The summed E-state index contributed by atoms with van der Waals surface area (Å²) in [6.07, 6.45) is 3.62. The first-order chi connectivity index (χ1) is 13.9. The van der Waals surface area contributed by atoms with Gasteiger partial charge in [0.1, 0.15) is 0 Å². The Balaban J connectivity index is 0.00000181. The van der Waals surface area contributed by atoms with Gasteiger partial charge >= 0.3 is 0 Å². The van der Waals surface area contributed by atoms with Crippen molar-refractivity contribution in [3.05, 3.63) is 103 Å². The molecule has 135 valence electrons. The largest absolute Gasteiger partial charge is 0.439 e. The van der Waals surface area contributed by atoms with Crippen molar-refractivity contribution in [2.45, 2.75) is 0 Å². The zero-order chi connectivity index (χ0) is 18.5. The number of hydrogen-bond acceptors (Lipinski definition) is 1. The van der Waals surface area contributed by atoms with Crippen LogP contribution in [0.5, 0.6) is 0 Å². The maximum absolute atomic E-state index is 3.62. The molecule has 0 unspecified atom stereocenters. The molecule has 0 aliphatic carbocycles. The Labute approximate surface area is 198 Å². The first-order valence-corrected chi connectivity index (χ1v) is 10.1. The molecule has 2 heterocycles. The Morgan fingerprint density at radius 1 is 0.690 bits per heavy atom. The van der Waals surface area contributed by atoms with Crippen LogP contribution < -0.4 is 0 Å². The van der Waals surface area contributed by atoms with Gasteiger partial charge in [-0.1, -0.05) is 77.2 Å². The molecule has 6 aromatic rings. The van der Waals surface area contributed by atoms with Crippen molar-refractivity contribution in [1.29, 1.82) is 0 Å². The Kier molecular flexibility index (Phi) is 4.87. The number of nitrogens with zero attached hydrogens (tertiary/aromatic N) is 1. The number of para-hydroxylation sites is 2. The molecule has 0 aliphatic rings. The van der Waals surface area contributed by atoms with Gasteiger partial charge in [-0.3, -0.25) is 0 Å². The normalized spacial score (nSPS) is 11.2.